The Hall–Kier alpha value is -5.04. The van der Waals surface area contributed by atoms with E-state index in [-0.39, 0.29) is 59.3 Å². The summed E-state index contributed by atoms with van der Waals surface area (Å²) in [6, 6.07) is 8.26. The summed E-state index contributed by atoms with van der Waals surface area (Å²) in [5, 5.41) is 5.26. The Balaban J connectivity index is 0.000000512. The molecular formula is C31H32N2O11. The predicted octanol–water partition coefficient (Wildman–Crippen LogP) is 1.90. The molecule has 0 aromatic heterocycles. The number of carbonyl (C=O) groups is 8. The fraction of sp³-hybridized carbons (Fsp3) is 0.355. The zero-order chi connectivity index (χ0) is 32.4. The standard InChI is InChI=1S/C25H19NO9.C6H13NO2/c1-2-34-19(28)7-8-26-25(33)20-23(31)15-6-4-13(10-17(15)24(20)32)35-12-3-5-14-16(9-12)22(30)18(11-27)21(14)29;1-3-9-6(8)4-5-7-2/h3-6,9-11,18,20H,2,7-8H2,1H3,(H,26,33);7H,3-5H2,1-2H3. The van der Waals surface area contributed by atoms with Crippen LogP contribution in [-0.2, 0) is 28.7 Å². The maximum Gasteiger partial charge on any atom is 0.307 e. The first-order valence-electron chi connectivity index (χ1n) is 13.9. The summed E-state index contributed by atoms with van der Waals surface area (Å²) in [5.74, 6) is -6.58. The smallest absolute Gasteiger partial charge is 0.307 e. The van der Waals surface area contributed by atoms with E-state index in [1.54, 1.807) is 20.9 Å². The maximum absolute atomic E-state index is 12.8. The Kier molecular flexibility index (Phi) is 11.7. The molecule has 2 aliphatic carbocycles. The fourth-order valence-electron chi connectivity index (χ4n) is 4.48. The summed E-state index contributed by atoms with van der Waals surface area (Å²) in [6.07, 6.45) is 0.671. The number of esters is 2. The van der Waals surface area contributed by atoms with Gasteiger partial charge in [-0.05, 0) is 57.3 Å². The molecule has 2 aliphatic rings. The largest absolute Gasteiger partial charge is 0.466 e. The van der Waals surface area contributed by atoms with Crippen LogP contribution >= 0.6 is 0 Å². The molecule has 0 saturated carbocycles. The molecule has 0 radical (unpaired) electrons. The SMILES string of the molecule is CCOC(=O)CCNC.CCOC(=O)CCNC(=O)C1C(=O)c2ccc(Oc3ccc4c(c3)C(=O)C(C=O)C4=O)cc2C1=O. The van der Waals surface area contributed by atoms with E-state index in [2.05, 4.69) is 15.4 Å². The Bertz CT molecular complexity index is 1500. The number of fused-ring (bicyclic) bond motifs is 2. The number of amides is 1. The zero-order valence-electron chi connectivity index (χ0n) is 24.4. The molecule has 2 aromatic carbocycles. The molecular weight excluding hydrogens is 576 g/mol. The molecule has 13 heteroatoms. The summed E-state index contributed by atoms with van der Waals surface area (Å²) < 4.78 is 15.1. The van der Waals surface area contributed by atoms with Gasteiger partial charge in [0, 0.05) is 35.3 Å². The molecule has 44 heavy (non-hydrogen) atoms. The molecule has 0 fully saturated rings. The third-order valence-electron chi connectivity index (χ3n) is 6.59. The second-order valence-electron chi connectivity index (χ2n) is 9.53. The number of aldehydes is 1. The van der Waals surface area contributed by atoms with Crippen molar-refractivity contribution in [2.45, 2.75) is 26.7 Å². The number of benzene rings is 2. The Morgan fingerprint density at radius 3 is 1.73 bits per heavy atom. The van der Waals surface area contributed by atoms with Crippen molar-refractivity contribution in [2.24, 2.45) is 11.8 Å². The Labute approximate surface area is 252 Å². The molecule has 2 aromatic rings. The molecule has 232 valence electrons. The van der Waals surface area contributed by atoms with E-state index >= 15 is 0 Å². The van der Waals surface area contributed by atoms with Gasteiger partial charge < -0.3 is 29.6 Å². The second-order valence-corrected chi connectivity index (χ2v) is 9.53. The van der Waals surface area contributed by atoms with Gasteiger partial charge in [-0.1, -0.05) is 0 Å². The molecule has 2 unspecified atom stereocenters. The van der Waals surface area contributed by atoms with Crippen molar-refractivity contribution in [3.8, 4) is 11.5 Å². The fourth-order valence-corrected chi connectivity index (χ4v) is 4.48. The van der Waals surface area contributed by atoms with Gasteiger partial charge in [-0.15, -0.1) is 0 Å². The van der Waals surface area contributed by atoms with Crippen LogP contribution in [0.15, 0.2) is 36.4 Å². The van der Waals surface area contributed by atoms with Crippen LogP contribution in [0.2, 0.25) is 0 Å². The van der Waals surface area contributed by atoms with Crippen molar-refractivity contribution in [3.63, 3.8) is 0 Å². The van der Waals surface area contributed by atoms with Crippen molar-refractivity contribution >= 4 is 47.3 Å². The molecule has 0 spiro atoms. The number of nitrogens with one attached hydrogen (secondary N) is 2. The molecule has 1 amide bonds. The van der Waals surface area contributed by atoms with Gasteiger partial charge in [0.25, 0.3) is 0 Å². The summed E-state index contributed by atoms with van der Waals surface area (Å²) in [4.78, 5) is 95.3. The van der Waals surface area contributed by atoms with Crippen LogP contribution in [0, 0.1) is 11.8 Å². The average Bonchev–Trinajstić information content (AvgIpc) is 3.39. The van der Waals surface area contributed by atoms with Gasteiger partial charge in [0.1, 0.15) is 23.7 Å². The van der Waals surface area contributed by atoms with Gasteiger partial charge in [-0.2, -0.15) is 0 Å². The maximum atomic E-state index is 12.8. The molecule has 0 bridgehead atoms. The predicted molar refractivity (Wildman–Crippen MR) is 153 cm³/mol. The first-order valence-corrected chi connectivity index (χ1v) is 13.9. The number of Topliss-reactive ketones (excluding diaryl/α,β-unsaturated/α-hetero) is 4. The summed E-state index contributed by atoms with van der Waals surface area (Å²) >= 11 is 0. The first-order chi connectivity index (χ1) is 21.1. The average molecular weight is 609 g/mol. The van der Waals surface area contributed by atoms with Crippen molar-refractivity contribution in [2.75, 3.05) is 33.4 Å². The van der Waals surface area contributed by atoms with E-state index in [0.29, 0.717) is 25.9 Å². The number of hydrogen-bond donors (Lipinski definition) is 2. The molecule has 0 heterocycles. The highest BCUT2D eigenvalue weighted by atomic mass is 16.5. The molecule has 2 atom stereocenters. The number of ketones is 4. The molecule has 2 N–H and O–H groups in total. The minimum Gasteiger partial charge on any atom is -0.466 e. The van der Waals surface area contributed by atoms with Gasteiger partial charge in [0.2, 0.25) is 5.91 Å². The molecule has 13 nitrogen and oxygen atoms in total. The lowest BCUT2D eigenvalue weighted by atomic mass is 10.0. The second kappa shape index (κ2) is 15.4. The normalized spacial score (nSPS) is 16.3. The number of rotatable bonds is 12. The minimum atomic E-state index is -1.56. The lowest BCUT2D eigenvalue weighted by Gasteiger charge is -2.08. The number of ether oxygens (including phenoxy) is 3. The highest BCUT2D eigenvalue weighted by Crippen LogP contribution is 2.34. The minimum absolute atomic E-state index is 0.00600. The van der Waals surface area contributed by atoms with Crippen molar-refractivity contribution in [3.05, 3.63) is 58.7 Å². The van der Waals surface area contributed by atoms with Crippen molar-refractivity contribution in [1.82, 2.24) is 10.6 Å². The van der Waals surface area contributed by atoms with Crippen molar-refractivity contribution < 1.29 is 52.6 Å². The van der Waals surface area contributed by atoms with Crippen LogP contribution in [0.5, 0.6) is 11.5 Å². The van der Waals surface area contributed by atoms with Gasteiger partial charge in [-0.25, -0.2) is 0 Å². The van der Waals surface area contributed by atoms with Crippen LogP contribution in [0.25, 0.3) is 0 Å². The van der Waals surface area contributed by atoms with Gasteiger partial charge in [-0.3, -0.25) is 33.6 Å². The molecule has 4 rings (SSSR count). The third kappa shape index (κ3) is 7.67. The quantitative estimate of drug-likeness (QED) is 0.203. The topological polar surface area (TPSA) is 188 Å². The van der Waals surface area contributed by atoms with Crippen LogP contribution in [0.3, 0.4) is 0 Å². The summed E-state index contributed by atoms with van der Waals surface area (Å²) in [6.45, 7) is 4.74. The first kappa shape index (κ1) is 33.5. The number of hydrogen-bond acceptors (Lipinski definition) is 12. The van der Waals surface area contributed by atoms with Gasteiger partial charge in [0.05, 0.1) is 26.1 Å². The van der Waals surface area contributed by atoms with Crippen molar-refractivity contribution in [1.29, 1.82) is 0 Å². The summed E-state index contributed by atoms with van der Waals surface area (Å²) in [7, 11) is 1.80. The Morgan fingerprint density at radius 1 is 0.727 bits per heavy atom. The van der Waals surface area contributed by atoms with Crippen LogP contribution < -0.4 is 15.4 Å². The summed E-state index contributed by atoms with van der Waals surface area (Å²) in [5.41, 5.74) is 0.269. The van der Waals surface area contributed by atoms with E-state index in [0.717, 1.165) is 0 Å². The monoisotopic (exact) mass is 608 g/mol. The van der Waals surface area contributed by atoms with E-state index < -0.39 is 46.8 Å². The Morgan fingerprint density at radius 2 is 1.20 bits per heavy atom. The lowest BCUT2D eigenvalue weighted by Crippen LogP contribution is -2.37. The number of carbonyl (C=O) groups excluding carboxylic acids is 8. The molecule has 0 saturated heterocycles. The third-order valence-corrected chi connectivity index (χ3v) is 6.59. The van der Waals surface area contributed by atoms with Gasteiger partial charge >= 0.3 is 11.9 Å². The molecule has 0 aliphatic heterocycles. The van der Waals surface area contributed by atoms with E-state index in [4.69, 9.17) is 9.47 Å². The van der Waals surface area contributed by atoms with Gasteiger partial charge in [0.15, 0.2) is 29.1 Å². The van der Waals surface area contributed by atoms with Crippen LogP contribution in [-0.4, -0.2) is 80.6 Å². The van der Waals surface area contributed by atoms with E-state index in [9.17, 15) is 38.4 Å². The van der Waals surface area contributed by atoms with E-state index in [1.165, 1.54) is 36.4 Å². The lowest BCUT2D eigenvalue weighted by molar-refractivity contribution is -0.144. The highest BCUT2D eigenvalue weighted by Gasteiger charge is 2.43. The van der Waals surface area contributed by atoms with Crippen LogP contribution in [0.4, 0.5) is 0 Å². The van der Waals surface area contributed by atoms with Crippen LogP contribution in [0.1, 0.15) is 68.1 Å². The van der Waals surface area contributed by atoms with E-state index in [1.807, 2.05) is 0 Å². The zero-order valence-corrected chi connectivity index (χ0v) is 24.4. The highest BCUT2D eigenvalue weighted by molar-refractivity contribution is 6.35.